The summed E-state index contributed by atoms with van der Waals surface area (Å²) < 4.78 is 0. The highest BCUT2D eigenvalue weighted by molar-refractivity contribution is 5.95. The Labute approximate surface area is 138 Å². The van der Waals surface area contributed by atoms with Crippen molar-refractivity contribution in [3.05, 3.63) is 41.5 Å². The summed E-state index contributed by atoms with van der Waals surface area (Å²) in [6, 6.07) is 7.86. The van der Waals surface area contributed by atoms with Crippen LogP contribution in [0, 0.1) is 5.92 Å². The van der Waals surface area contributed by atoms with Gasteiger partial charge in [0.15, 0.2) is 0 Å². The molecular weight excluding hydrogens is 288 g/mol. The zero-order valence-electron chi connectivity index (χ0n) is 14.4. The Balaban J connectivity index is 1.94. The van der Waals surface area contributed by atoms with Crippen molar-refractivity contribution in [2.75, 3.05) is 7.05 Å². The Morgan fingerprint density at radius 1 is 1.17 bits per heavy atom. The molecule has 0 spiro atoms. The van der Waals surface area contributed by atoms with Crippen LogP contribution in [0.15, 0.2) is 30.3 Å². The van der Waals surface area contributed by atoms with Crippen LogP contribution in [0.2, 0.25) is 0 Å². The topological polar surface area (TPSA) is 49.4 Å². The minimum absolute atomic E-state index is 0.0123. The molecule has 0 aromatic heterocycles. The maximum atomic E-state index is 12.1. The zero-order chi connectivity index (χ0) is 17.0. The maximum absolute atomic E-state index is 12.1. The fraction of sp³-hybridized carbons (Fsp3) is 0.474. The van der Waals surface area contributed by atoms with Gasteiger partial charge in [-0.25, -0.2) is 0 Å². The summed E-state index contributed by atoms with van der Waals surface area (Å²) >= 11 is 0. The number of amides is 2. The van der Waals surface area contributed by atoms with Crippen LogP contribution in [-0.2, 0) is 4.79 Å². The van der Waals surface area contributed by atoms with E-state index in [2.05, 4.69) is 19.2 Å². The molecule has 2 amide bonds. The van der Waals surface area contributed by atoms with Crippen LogP contribution < -0.4 is 5.32 Å². The molecule has 4 nitrogen and oxygen atoms in total. The largest absolute Gasteiger partial charge is 0.349 e. The first-order chi connectivity index (χ1) is 10.9. The van der Waals surface area contributed by atoms with Crippen molar-refractivity contribution in [1.29, 1.82) is 0 Å². The minimum atomic E-state index is -0.0235. The third-order valence-corrected chi connectivity index (χ3v) is 4.43. The van der Waals surface area contributed by atoms with Crippen molar-refractivity contribution in [3.63, 3.8) is 0 Å². The molecule has 23 heavy (non-hydrogen) atoms. The summed E-state index contributed by atoms with van der Waals surface area (Å²) in [5.41, 5.74) is 1.57. The molecule has 1 aliphatic rings. The fourth-order valence-corrected chi connectivity index (χ4v) is 2.18. The van der Waals surface area contributed by atoms with E-state index in [1.165, 1.54) is 0 Å². The molecule has 1 aliphatic carbocycles. The molecule has 1 aromatic carbocycles. The quantitative estimate of drug-likeness (QED) is 0.820. The van der Waals surface area contributed by atoms with Gasteiger partial charge in [-0.2, -0.15) is 0 Å². The molecule has 1 saturated carbocycles. The summed E-state index contributed by atoms with van der Waals surface area (Å²) in [6.45, 7) is 6.25. The van der Waals surface area contributed by atoms with Crippen LogP contribution in [0.5, 0.6) is 0 Å². The standard InChI is InChI=1S/C19H26N2O2/c1-13(2)14(3)21(4)18(22)12-7-15-5-8-16(9-6-15)19(23)20-17-10-11-17/h5-9,12-14,17H,10-11H2,1-4H3,(H,20,23)/b12-7+. The van der Waals surface area contributed by atoms with Crippen LogP contribution in [-0.4, -0.2) is 35.8 Å². The summed E-state index contributed by atoms with van der Waals surface area (Å²) in [5.74, 6) is 0.382. The van der Waals surface area contributed by atoms with Gasteiger partial charge in [0.2, 0.25) is 5.91 Å². The summed E-state index contributed by atoms with van der Waals surface area (Å²) in [5, 5.41) is 2.96. The third-order valence-electron chi connectivity index (χ3n) is 4.43. The number of hydrogen-bond acceptors (Lipinski definition) is 2. The van der Waals surface area contributed by atoms with Gasteiger partial charge >= 0.3 is 0 Å². The van der Waals surface area contributed by atoms with Gasteiger partial charge < -0.3 is 10.2 Å². The molecule has 2 rings (SSSR count). The van der Waals surface area contributed by atoms with Crippen molar-refractivity contribution in [2.24, 2.45) is 5.92 Å². The fourth-order valence-electron chi connectivity index (χ4n) is 2.18. The number of nitrogens with one attached hydrogen (secondary N) is 1. The number of hydrogen-bond donors (Lipinski definition) is 1. The second-order valence-corrected chi connectivity index (χ2v) is 6.64. The van der Waals surface area contributed by atoms with Gasteiger partial charge in [-0.3, -0.25) is 9.59 Å². The van der Waals surface area contributed by atoms with Gasteiger partial charge in [0.25, 0.3) is 5.91 Å². The van der Waals surface area contributed by atoms with E-state index >= 15 is 0 Å². The van der Waals surface area contributed by atoms with Crippen molar-refractivity contribution in [2.45, 2.75) is 45.7 Å². The monoisotopic (exact) mass is 314 g/mol. The molecule has 0 saturated heterocycles. The highest BCUT2D eigenvalue weighted by Crippen LogP contribution is 2.19. The van der Waals surface area contributed by atoms with Crippen molar-refractivity contribution < 1.29 is 9.59 Å². The van der Waals surface area contributed by atoms with Gasteiger partial charge in [-0.1, -0.05) is 26.0 Å². The molecular formula is C19H26N2O2. The second-order valence-electron chi connectivity index (χ2n) is 6.64. The molecule has 0 radical (unpaired) electrons. The summed E-state index contributed by atoms with van der Waals surface area (Å²) in [4.78, 5) is 25.8. The number of rotatable bonds is 6. The SMILES string of the molecule is CC(C)C(C)N(C)C(=O)/C=C/c1ccc(C(=O)NC2CC2)cc1. The van der Waals surface area contributed by atoms with E-state index in [1.54, 1.807) is 29.2 Å². The summed E-state index contributed by atoms with van der Waals surface area (Å²) in [7, 11) is 1.82. The van der Waals surface area contributed by atoms with Gasteiger partial charge in [0, 0.05) is 30.8 Å². The lowest BCUT2D eigenvalue weighted by atomic mass is 10.1. The van der Waals surface area contributed by atoms with Gasteiger partial charge in [0.1, 0.15) is 0 Å². The molecule has 0 aliphatic heterocycles. The molecule has 1 unspecified atom stereocenters. The van der Waals surface area contributed by atoms with Crippen molar-refractivity contribution in [1.82, 2.24) is 10.2 Å². The smallest absolute Gasteiger partial charge is 0.251 e. The van der Waals surface area contributed by atoms with E-state index in [9.17, 15) is 9.59 Å². The first-order valence-corrected chi connectivity index (χ1v) is 8.24. The van der Waals surface area contributed by atoms with Crippen molar-refractivity contribution >= 4 is 17.9 Å². The number of nitrogens with zero attached hydrogens (tertiary/aromatic N) is 1. The lowest BCUT2D eigenvalue weighted by molar-refractivity contribution is -0.127. The molecule has 1 N–H and O–H groups in total. The molecule has 1 atom stereocenters. The predicted octanol–water partition coefficient (Wildman–Crippen LogP) is 3.09. The zero-order valence-corrected chi connectivity index (χ0v) is 14.4. The highest BCUT2D eigenvalue weighted by atomic mass is 16.2. The van der Waals surface area contributed by atoms with Gasteiger partial charge in [0.05, 0.1) is 0 Å². The van der Waals surface area contributed by atoms with Gasteiger partial charge in [-0.15, -0.1) is 0 Å². The second kappa shape index (κ2) is 7.44. The van der Waals surface area contributed by atoms with E-state index in [1.807, 2.05) is 26.1 Å². The molecule has 0 bridgehead atoms. The maximum Gasteiger partial charge on any atom is 0.251 e. The number of benzene rings is 1. The third kappa shape index (κ3) is 4.95. The first-order valence-electron chi connectivity index (χ1n) is 8.24. The number of carbonyl (C=O) groups is 2. The minimum Gasteiger partial charge on any atom is -0.349 e. The summed E-state index contributed by atoms with van der Waals surface area (Å²) in [6.07, 6.45) is 5.53. The average Bonchev–Trinajstić information content (AvgIpc) is 3.35. The normalized spacial score (nSPS) is 15.7. The Hall–Kier alpha value is -2.10. The number of carbonyl (C=O) groups excluding carboxylic acids is 2. The Morgan fingerprint density at radius 2 is 1.78 bits per heavy atom. The van der Waals surface area contributed by atoms with E-state index in [4.69, 9.17) is 0 Å². The van der Waals surface area contributed by atoms with Crippen LogP contribution in [0.3, 0.4) is 0 Å². The van der Waals surface area contributed by atoms with E-state index < -0.39 is 0 Å². The van der Waals surface area contributed by atoms with E-state index in [0.29, 0.717) is 17.5 Å². The van der Waals surface area contributed by atoms with Crippen LogP contribution >= 0.6 is 0 Å². The highest BCUT2D eigenvalue weighted by Gasteiger charge is 2.23. The van der Waals surface area contributed by atoms with E-state index in [0.717, 1.165) is 18.4 Å². The molecule has 0 heterocycles. The Kier molecular flexibility index (Phi) is 5.59. The van der Waals surface area contributed by atoms with Crippen molar-refractivity contribution in [3.8, 4) is 0 Å². The van der Waals surface area contributed by atoms with Crippen LogP contribution in [0.4, 0.5) is 0 Å². The first kappa shape index (κ1) is 17.3. The van der Waals surface area contributed by atoms with Crippen LogP contribution in [0.1, 0.15) is 49.5 Å². The molecule has 4 heteroatoms. The Morgan fingerprint density at radius 3 is 2.30 bits per heavy atom. The molecule has 1 fully saturated rings. The Bertz CT molecular complexity index is 586. The number of likely N-dealkylation sites (N-methyl/N-ethyl adjacent to an activating group) is 1. The molecule has 124 valence electrons. The molecule has 1 aromatic rings. The lowest BCUT2D eigenvalue weighted by Crippen LogP contribution is -2.37. The lowest BCUT2D eigenvalue weighted by Gasteiger charge is -2.26. The average molecular weight is 314 g/mol. The van der Waals surface area contributed by atoms with Gasteiger partial charge in [-0.05, 0) is 49.5 Å². The van der Waals surface area contributed by atoms with E-state index in [-0.39, 0.29) is 17.9 Å². The predicted molar refractivity (Wildman–Crippen MR) is 93.0 cm³/mol. The van der Waals surface area contributed by atoms with Crippen LogP contribution in [0.25, 0.3) is 6.08 Å².